The molecule has 0 bridgehead atoms. The lowest BCUT2D eigenvalue weighted by Gasteiger charge is -2.12. The van der Waals surface area contributed by atoms with Gasteiger partial charge in [0.15, 0.2) is 11.0 Å². The number of amides is 2. The van der Waals surface area contributed by atoms with Crippen LogP contribution in [0.3, 0.4) is 0 Å². The molecule has 1 aromatic carbocycles. The Bertz CT molecular complexity index is 681. The van der Waals surface area contributed by atoms with Gasteiger partial charge in [0.2, 0.25) is 5.91 Å². The van der Waals surface area contributed by atoms with Gasteiger partial charge in [0.05, 0.1) is 18.5 Å². The monoisotopic (exact) mass is 308 g/mol. The molecule has 0 aliphatic carbocycles. The molecule has 2 amide bonds. The van der Waals surface area contributed by atoms with E-state index in [1.54, 1.807) is 18.2 Å². The van der Waals surface area contributed by atoms with Gasteiger partial charge in [-0.3, -0.25) is 9.59 Å². The summed E-state index contributed by atoms with van der Waals surface area (Å²) < 4.78 is 10.1. The molecule has 7 heteroatoms. The van der Waals surface area contributed by atoms with Crippen molar-refractivity contribution >= 4 is 34.8 Å². The topological polar surface area (TPSA) is 80.6 Å². The van der Waals surface area contributed by atoms with Crippen LogP contribution in [0.15, 0.2) is 34.7 Å². The molecule has 2 aromatic rings. The summed E-state index contributed by atoms with van der Waals surface area (Å²) >= 11 is 5.63. The van der Waals surface area contributed by atoms with Crippen molar-refractivity contribution in [2.45, 2.75) is 6.92 Å². The number of furan rings is 1. The van der Waals surface area contributed by atoms with E-state index in [4.69, 9.17) is 20.8 Å². The number of hydrogen-bond donors (Lipinski definition) is 2. The molecule has 21 heavy (non-hydrogen) atoms. The Labute approximate surface area is 126 Å². The summed E-state index contributed by atoms with van der Waals surface area (Å²) in [7, 11) is 1.51. The van der Waals surface area contributed by atoms with Crippen molar-refractivity contribution in [3.63, 3.8) is 0 Å². The van der Waals surface area contributed by atoms with Crippen LogP contribution < -0.4 is 15.4 Å². The number of methoxy groups -OCH3 is 1. The van der Waals surface area contributed by atoms with Crippen molar-refractivity contribution in [2.24, 2.45) is 0 Å². The van der Waals surface area contributed by atoms with Crippen LogP contribution in [0, 0.1) is 0 Å². The zero-order chi connectivity index (χ0) is 15.4. The van der Waals surface area contributed by atoms with Crippen molar-refractivity contribution in [1.29, 1.82) is 0 Å². The van der Waals surface area contributed by atoms with Gasteiger partial charge in [-0.2, -0.15) is 0 Å². The van der Waals surface area contributed by atoms with Crippen molar-refractivity contribution in [3.8, 4) is 5.75 Å². The van der Waals surface area contributed by atoms with Crippen LogP contribution in [0.5, 0.6) is 5.75 Å². The molecule has 0 fully saturated rings. The molecule has 1 aromatic heterocycles. The first-order valence-corrected chi connectivity index (χ1v) is 6.39. The number of ether oxygens (including phenoxy) is 1. The zero-order valence-corrected chi connectivity index (χ0v) is 12.2. The van der Waals surface area contributed by atoms with Gasteiger partial charge in [0, 0.05) is 13.0 Å². The van der Waals surface area contributed by atoms with Crippen LogP contribution in [0.25, 0.3) is 0 Å². The highest BCUT2D eigenvalue weighted by atomic mass is 35.5. The van der Waals surface area contributed by atoms with Crippen molar-refractivity contribution < 1.29 is 18.7 Å². The summed E-state index contributed by atoms with van der Waals surface area (Å²) in [5.74, 6) is -0.132. The molecule has 0 spiro atoms. The zero-order valence-electron chi connectivity index (χ0n) is 11.4. The molecular formula is C14H13ClN2O4. The number of carbonyl (C=O) groups excluding carboxylic acids is 2. The molecule has 0 aliphatic rings. The second kappa shape index (κ2) is 6.32. The number of halogens is 1. The second-order valence-corrected chi connectivity index (χ2v) is 4.52. The Hall–Kier alpha value is -2.47. The molecule has 2 rings (SSSR count). The highest BCUT2D eigenvalue weighted by Crippen LogP contribution is 2.28. The molecule has 0 atom stereocenters. The highest BCUT2D eigenvalue weighted by molar-refractivity contribution is 6.29. The number of hydrogen-bond acceptors (Lipinski definition) is 4. The van der Waals surface area contributed by atoms with E-state index in [2.05, 4.69) is 10.6 Å². The van der Waals surface area contributed by atoms with E-state index in [0.717, 1.165) is 0 Å². The third-order valence-electron chi connectivity index (χ3n) is 2.58. The van der Waals surface area contributed by atoms with Gasteiger partial charge in [-0.15, -0.1) is 0 Å². The van der Waals surface area contributed by atoms with Crippen molar-refractivity contribution in [1.82, 2.24) is 0 Å². The molecule has 6 nitrogen and oxygen atoms in total. The van der Waals surface area contributed by atoms with Gasteiger partial charge in [-0.25, -0.2) is 0 Å². The SMILES string of the molecule is COc1ccc(NC(C)=O)c(NC(=O)c2ccc(Cl)o2)c1. The maximum Gasteiger partial charge on any atom is 0.291 e. The maximum atomic E-state index is 12.0. The van der Waals surface area contributed by atoms with Crippen LogP contribution in [0.1, 0.15) is 17.5 Å². The Morgan fingerprint density at radius 3 is 2.48 bits per heavy atom. The summed E-state index contributed by atoms with van der Waals surface area (Å²) in [4.78, 5) is 23.2. The van der Waals surface area contributed by atoms with Crippen LogP contribution in [0.4, 0.5) is 11.4 Å². The molecule has 0 saturated carbocycles. The first-order chi connectivity index (χ1) is 9.99. The fourth-order valence-corrected chi connectivity index (χ4v) is 1.82. The number of nitrogens with one attached hydrogen (secondary N) is 2. The highest BCUT2D eigenvalue weighted by Gasteiger charge is 2.14. The average Bonchev–Trinajstić information content (AvgIpc) is 2.87. The van der Waals surface area contributed by atoms with Crippen molar-refractivity contribution in [2.75, 3.05) is 17.7 Å². The maximum absolute atomic E-state index is 12.0. The van der Waals surface area contributed by atoms with E-state index in [9.17, 15) is 9.59 Å². The standard InChI is InChI=1S/C14H13ClN2O4/c1-8(18)16-10-4-3-9(20-2)7-11(10)17-14(19)12-5-6-13(15)21-12/h3-7H,1-2H3,(H,16,18)(H,17,19). The summed E-state index contributed by atoms with van der Waals surface area (Å²) in [6, 6.07) is 7.82. The molecule has 110 valence electrons. The second-order valence-electron chi connectivity index (χ2n) is 4.15. The molecule has 2 N–H and O–H groups in total. The predicted molar refractivity (Wildman–Crippen MR) is 79.0 cm³/mol. The van der Waals surface area contributed by atoms with Crippen LogP contribution in [-0.2, 0) is 4.79 Å². The van der Waals surface area contributed by atoms with Gasteiger partial charge in [0.1, 0.15) is 5.75 Å². The lowest BCUT2D eigenvalue weighted by atomic mass is 10.2. The molecule has 0 saturated heterocycles. The number of benzene rings is 1. The quantitative estimate of drug-likeness (QED) is 0.909. The predicted octanol–water partition coefficient (Wildman–Crippen LogP) is 3.15. The minimum atomic E-state index is -0.484. The molecule has 1 heterocycles. The minimum Gasteiger partial charge on any atom is -0.497 e. The van der Waals surface area contributed by atoms with E-state index < -0.39 is 5.91 Å². The fraction of sp³-hybridized carbons (Fsp3) is 0.143. The molecule has 0 radical (unpaired) electrons. The Kier molecular flexibility index (Phi) is 4.49. The number of anilines is 2. The largest absolute Gasteiger partial charge is 0.497 e. The van der Waals surface area contributed by atoms with E-state index in [0.29, 0.717) is 17.1 Å². The van der Waals surface area contributed by atoms with Gasteiger partial charge >= 0.3 is 0 Å². The lowest BCUT2D eigenvalue weighted by molar-refractivity contribution is -0.114. The Balaban J connectivity index is 2.27. The van der Waals surface area contributed by atoms with Gasteiger partial charge in [-0.05, 0) is 35.9 Å². The number of carbonyl (C=O) groups is 2. The average molecular weight is 309 g/mol. The normalized spacial score (nSPS) is 10.0. The summed E-state index contributed by atoms with van der Waals surface area (Å²) in [6.45, 7) is 1.38. The first-order valence-electron chi connectivity index (χ1n) is 6.02. The van der Waals surface area contributed by atoms with Crippen molar-refractivity contribution in [3.05, 3.63) is 41.3 Å². The molecule has 0 aliphatic heterocycles. The Morgan fingerprint density at radius 1 is 1.14 bits per heavy atom. The summed E-state index contributed by atoms with van der Waals surface area (Å²) in [5, 5.41) is 5.37. The fourth-order valence-electron chi connectivity index (χ4n) is 1.67. The smallest absolute Gasteiger partial charge is 0.291 e. The van der Waals surface area contributed by atoms with Crippen LogP contribution in [0.2, 0.25) is 5.22 Å². The van der Waals surface area contributed by atoms with Gasteiger partial charge < -0.3 is 19.8 Å². The van der Waals surface area contributed by atoms with Crippen LogP contribution in [-0.4, -0.2) is 18.9 Å². The van der Waals surface area contributed by atoms with E-state index in [1.165, 1.54) is 26.2 Å². The van der Waals surface area contributed by atoms with E-state index >= 15 is 0 Å². The van der Waals surface area contributed by atoms with Gasteiger partial charge in [-0.1, -0.05) is 0 Å². The van der Waals surface area contributed by atoms with E-state index in [1.807, 2.05) is 0 Å². The summed E-state index contributed by atoms with van der Waals surface area (Å²) in [6.07, 6.45) is 0. The number of rotatable bonds is 4. The third kappa shape index (κ3) is 3.76. The first kappa shape index (κ1) is 14.9. The lowest BCUT2D eigenvalue weighted by Crippen LogP contribution is -2.14. The summed E-state index contributed by atoms with van der Waals surface area (Å²) in [5.41, 5.74) is 0.844. The van der Waals surface area contributed by atoms with Gasteiger partial charge in [0.25, 0.3) is 5.91 Å². The minimum absolute atomic E-state index is 0.0663. The molecular weight excluding hydrogens is 296 g/mol. The van der Waals surface area contributed by atoms with Crippen LogP contribution >= 0.6 is 11.6 Å². The van der Waals surface area contributed by atoms with E-state index in [-0.39, 0.29) is 16.9 Å². The molecule has 0 unspecified atom stereocenters. The third-order valence-corrected chi connectivity index (χ3v) is 2.79. The Morgan fingerprint density at radius 2 is 1.90 bits per heavy atom.